The summed E-state index contributed by atoms with van der Waals surface area (Å²) in [5, 5.41) is 15.8. The first-order chi connectivity index (χ1) is 11.9. The summed E-state index contributed by atoms with van der Waals surface area (Å²) in [6, 6.07) is 5.91. The molecular formula is C17H22ClN5OS. The maximum atomic E-state index is 12.2. The van der Waals surface area contributed by atoms with Crippen molar-refractivity contribution in [2.75, 3.05) is 15.5 Å². The van der Waals surface area contributed by atoms with Crippen LogP contribution in [-0.4, -0.2) is 28.3 Å². The molecule has 2 heterocycles. The molecule has 2 aromatic rings. The Bertz CT molecular complexity index is 755. The highest BCUT2D eigenvalue weighted by molar-refractivity contribution is 7.19. The Labute approximate surface area is 156 Å². The average molecular weight is 380 g/mol. The second-order valence-corrected chi connectivity index (χ2v) is 7.83. The Morgan fingerprint density at radius 2 is 1.96 bits per heavy atom. The lowest BCUT2D eigenvalue weighted by atomic mass is 9.98. The van der Waals surface area contributed by atoms with Gasteiger partial charge in [-0.15, -0.1) is 10.2 Å². The molecule has 1 aromatic carbocycles. The molecule has 0 radical (unpaired) electrons. The van der Waals surface area contributed by atoms with E-state index in [9.17, 15) is 4.79 Å². The summed E-state index contributed by atoms with van der Waals surface area (Å²) in [5.41, 5.74) is 1.60. The van der Waals surface area contributed by atoms with Gasteiger partial charge in [0.2, 0.25) is 10.3 Å². The molecule has 0 unspecified atom stereocenters. The number of aromatic nitrogens is 2. The highest BCUT2D eigenvalue weighted by Gasteiger charge is 2.27. The number of anilines is 3. The predicted octanol–water partition coefficient (Wildman–Crippen LogP) is 4.91. The molecule has 1 aliphatic heterocycles. The molecule has 134 valence electrons. The minimum absolute atomic E-state index is 0.359. The molecule has 3 rings (SSSR count). The van der Waals surface area contributed by atoms with Crippen LogP contribution in [0.3, 0.4) is 0 Å². The van der Waals surface area contributed by atoms with Gasteiger partial charge in [-0.2, -0.15) is 0 Å². The molecule has 2 N–H and O–H groups in total. The number of aryl methyl sites for hydroxylation is 1. The molecular weight excluding hydrogens is 358 g/mol. The van der Waals surface area contributed by atoms with E-state index in [1.807, 2.05) is 19.1 Å². The highest BCUT2D eigenvalue weighted by atomic mass is 35.5. The number of rotatable bonds is 3. The SMILES string of the molecule is Cc1ccc(NC(=O)Nc2nnc(N3[C@H](C)CCC[C@H]3C)s2)cc1Cl. The standard InChI is InChI=1S/C17H22ClN5OS/c1-10-7-8-13(9-14(10)18)19-15(24)20-16-21-22-17(25-16)23-11(2)5-4-6-12(23)3/h7-9,11-12H,4-6H2,1-3H3,(H2,19,20,21,24)/t11-,12-/m1/s1. The van der Waals surface area contributed by atoms with Gasteiger partial charge >= 0.3 is 6.03 Å². The van der Waals surface area contributed by atoms with Crippen molar-refractivity contribution in [1.29, 1.82) is 0 Å². The Balaban J connectivity index is 1.64. The van der Waals surface area contributed by atoms with Crippen molar-refractivity contribution in [3.8, 4) is 0 Å². The second kappa shape index (κ2) is 7.58. The van der Waals surface area contributed by atoms with Crippen LogP contribution < -0.4 is 15.5 Å². The van der Waals surface area contributed by atoms with E-state index in [1.165, 1.54) is 17.8 Å². The number of carbonyl (C=O) groups excluding carboxylic acids is 1. The Morgan fingerprint density at radius 3 is 2.64 bits per heavy atom. The first kappa shape index (κ1) is 17.9. The zero-order valence-electron chi connectivity index (χ0n) is 14.5. The number of carbonyl (C=O) groups is 1. The molecule has 1 fully saturated rings. The smallest absolute Gasteiger partial charge is 0.325 e. The largest absolute Gasteiger partial charge is 0.341 e. The van der Waals surface area contributed by atoms with Crippen molar-refractivity contribution < 1.29 is 4.79 Å². The number of nitrogens with one attached hydrogen (secondary N) is 2. The molecule has 8 heteroatoms. The lowest BCUT2D eigenvalue weighted by Crippen LogP contribution is -2.43. The fourth-order valence-electron chi connectivity index (χ4n) is 3.10. The fourth-order valence-corrected chi connectivity index (χ4v) is 4.22. The Hall–Kier alpha value is -1.86. The van der Waals surface area contributed by atoms with Crippen molar-refractivity contribution in [3.63, 3.8) is 0 Å². The number of nitrogens with zero attached hydrogens (tertiary/aromatic N) is 3. The van der Waals surface area contributed by atoms with Crippen molar-refractivity contribution in [3.05, 3.63) is 28.8 Å². The zero-order valence-corrected chi connectivity index (χ0v) is 16.1. The van der Waals surface area contributed by atoms with Crippen LogP contribution in [-0.2, 0) is 0 Å². The molecule has 1 aromatic heterocycles. The van der Waals surface area contributed by atoms with E-state index in [0.717, 1.165) is 23.5 Å². The molecule has 0 aliphatic carbocycles. The molecule has 25 heavy (non-hydrogen) atoms. The number of piperidine rings is 1. The fraction of sp³-hybridized carbons (Fsp3) is 0.471. The van der Waals surface area contributed by atoms with Gasteiger partial charge in [-0.1, -0.05) is 29.0 Å². The number of amides is 2. The van der Waals surface area contributed by atoms with Gasteiger partial charge in [0, 0.05) is 22.8 Å². The van der Waals surface area contributed by atoms with Crippen molar-refractivity contribution in [1.82, 2.24) is 10.2 Å². The molecule has 1 aliphatic rings. The van der Waals surface area contributed by atoms with Gasteiger partial charge in [0.1, 0.15) is 0 Å². The van der Waals surface area contributed by atoms with Gasteiger partial charge in [0.05, 0.1) is 0 Å². The van der Waals surface area contributed by atoms with Crippen LogP contribution in [0.25, 0.3) is 0 Å². The van der Waals surface area contributed by atoms with Gasteiger partial charge < -0.3 is 10.2 Å². The maximum Gasteiger partial charge on any atom is 0.325 e. The summed E-state index contributed by atoms with van der Waals surface area (Å²) >= 11 is 7.47. The highest BCUT2D eigenvalue weighted by Crippen LogP contribution is 2.32. The van der Waals surface area contributed by atoms with Crippen molar-refractivity contribution in [2.24, 2.45) is 0 Å². The van der Waals surface area contributed by atoms with Gasteiger partial charge in [0.25, 0.3) is 0 Å². The van der Waals surface area contributed by atoms with Crippen LogP contribution in [0.5, 0.6) is 0 Å². The third-order valence-corrected chi connectivity index (χ3v) is 5.74. The topological polar surface area (TPSA) is 70.1 Å². The molecule has 0 saturated carbocycles. The van der Waals surface area contributed by atoms with Crippen LogP contribution in [0.2, 0.25) is 5.02 Å². The summed E-state index contributed by atoms with van der Waals surface area (Å²) in [5.74, 6) is 0. The summed E-state index contributed by atoms with van der Waals surface area (Å²) in [7, 11) is 0. The Morgan fingerprint density at radius 1 is 1.24 bits per heavy atom. The quantitative estimate of drug-likeness (QED) is 0.794. The number of halogens is 1. The zero-order chi connectivity index (χ0) is 18.0. The maximum absolute atomic E-state index is 12.2. The summed E-state index contributed by atoms with van der Waals surface area (Å²) < 4.78 is 0. The Kier molecular flexibility index (Phi) is 5.44. The third kappa shape index (κ3) is 4.22. The van der Waals surface area contributed by atoms with E-state index in [-0.39, 0.29) is 6.03 Å². The van der Waals surface area contributed by atoms with E-state index in [1.54, 1.807) is 6.07 Å². The lowest BCUT2D eigenvalue weighted by molar-refractivity contribution is 0.262. The number of urea groups is 1. The third-order valence-electron chi connectivity index (χ3n) is 4.48. The minimum Gasteiger partial charge on any atom is -0.341 e. The minimum atomic E-state index is -0.359. The first-order valence-corrected chi connectivity index (χ1v) is 9.59. The van der Waals surface area contributed by atoms with Crippen LogP contribution in [0.4, 0.5) is 20.7 Å². The monoisotopic (exact) mass is 379 g/mol. The van der Waals surface area contributed by atoms with Crippen molar-refractivity contribution >= 4 is 44.9 Å². The van der Waals surface area contributed by atoms with E-state index >= 15 is 0 Å². The number of hydrogen-bond acceptors (Lipinski definition) is 5. The van der Waals surface area contributed by atoms with Crippen LogP contribution >= 0.6 is 22.9 Å². The molecule has 1 saturated heterocycles. The van der Waals surface area contributed by atoms with Crippen LogP contribution in [0.15, 0.2) is 18.2 Å². The number of benzene rings is 1. The molecule has 2 amide bonds. The number of hydrogen-bond donors (Lipinski definition) is 2. The lowest BCUT2D eigenvalue weighted by Gasteiger charge is -2.38. The van der Waals surface area contributed by atoms with E-state index < -0.39 is 0 Å². The van der Waals surface area contributed by atoms with Gasteiger partial charge in [0.15, 0.2) is 0 Å². The summed E-state index contributed by atoms with van der Waals surface area (Å²) in [4.78, 5) is 14.4. The molecule has 0 spiro atoms. The van der Waals surface area contributed by atoms with Gasteiger partial charge in [-0.3, -0.25) is 5.32 Å². The van der Waals surface area contributed by atoms with Gasteiger partial charge in [-0.05, 0) is 57.7 Å². The first-order valence-electron chi connectivity index (χ1n) is 8.40. The second-order valence-electron chi connectivity index (χ2n) is 6.47. The van der Waals surface area contributed by atoms with E-state index in [4.69, 9.17) is 11.6 Å². The predicted molar refractivity (Wildman–Crippen MR) is 104 cm³/mol. The molecule has 6 nitrogen and oxygen atoms in total. The van der Waals surface area contributed by atoms with E-state index in [0.29, 0.717) is 27.9 Å². The normalized spacial score (nSPS) is 20.4. The van der Waals surface area contributed by atoms with E-state index in [2.05, 4.69) is 39.6 Å². The summed E-state index contributed by atoms with van der Waals surface area (Å²) in [6.07, 6.45) is 3.55. The van der Waals surface area contributed by atoms with Crippen LogP contribution in [0, 0.1) is 6.92 Å². The van der Waals surface area contributed by atoms with Crippen LogP contribution in [0.1, 0.15) is 38.7 Å². The van der Waals surface area contributed by atoms with Gasteiger partial charge in [-0.25, -0.2) is 4.79 Å². The van der Waals surface area contributed by atoms with Crippen molar-refractivity contribution in [2.45, 2.75) is 52.1 Å². The molecule has 0 bridgehead atoms. The summed E-state index contributed by atoms with van der Waals surface area (Å²) in [6.45, 7) is 6.33. The average Bonchev–Trinajstić information content (AvgIpc) is 2.98. The molecule has 2 atom stereocenters.